The molecule has 41 heavy (non-hydrogen) atoms. The second-order valence-corrected chi connectivity index (χ2v) is 10.3. The van der Waals surface area contributed by atoms with Crippen LogP contribution in [0.1, 0.15) is 16.8 Å². The van der Waals surface area contributed by atoms with Crippen molar-refractivity contribution >= 4 is 36.2 Å². The van der Waals surface area contributed by atoms with Crippen molar-refractivity contribution < 1.29 is 38.0 Å². The van der Waals surface area contributed by atoms with E-state index in [-0.39, 0.29) is 29.1 Å². The number of benzene rings is 4. The smallest absolute Gasteiger partial charge is 0.317 e. The van der Waals surface area contributed by atoms with Gasteiger partial charge in [0.05, 0.1) is 0 Å². The monoisotopic (exact) mass is 573 g/mol. The Hall–Kier alpha value is -4.96. The molecule has 2 atom stereocenters. The van der Waals surface area contributed by atoms with Gasteiger partial charge in [-0.15, -0.1) is 0 Å². The molecule has 0 spiro atoms. The second kappa shape index (κ2) is 10.9. The van der Waals surface area contributed by atoms with E-state index >= 15 is 0 Å². The number of nitrogens with two attached hydrogens (primary N) is 1. The van der Waals surface area contributed by atoms with Gasteiger partial charge in [-0.05, 0) is 60.2 Å². The lowest BCUT2D eigenvalue weighted by Gasteiger charge is -2.19. The predicted molar refractivity (Wildman–Crippen MR) is 149 cm³/mol. The van der Waals surface area contributed by atoms with E-state index in [0.717, 1.165) is 0 Å². The van der Waals surface area contributed by atoms with E-state index in [0.29, 0.717) is 44.7 Å². The van der Waals surface area contributed by atoms with Gasteiger partial charge in [-0.25, -0.2) is 0 Å². The Kier molecular flexibility index (Phi) is 7.34. The quantitative estimate of drug-likeness (QED) is 0.115. The van der Waals surface area contributed by atoms with Crippen LogP contribution in [0, 0.1) is 0 Å². The molecular formula is C29H22N2O9P-. The van der Waals surface area contributed by atoms with Gasteiger partial charge in [-0.3, -0.25) is 18.9 Å². The van der Waals surface area contributed by atoms with E-state index in [4.69, 9.17) is 15.0 Å². The van der Waals surface area contributed by atoms with Crippen molar-refractivity contribution in [3.63, 3.8) is 0 Å². The van der Waals surface area contributed by atoms with E-state index in [9.17, 15) is 28.9 Å². The number of phenols is 1. The van der Waals surface area contributed by atoms with Crippen molar-refractivity contribution in [3.8, 4) is 33.9 Å². The number of phosphoric acid groups is 1. The normalized spacial score (nSPS) is 13.4. The number of carbonyl (C=O) groups excluding carboxylic acids is 2. The first kappa shape index (κ1) is 27.6. The molecule has 5 rings (SSSR count). The molecule has 12 heteroatoms. The summed E-state index contributed by atoms with van der Waals surface area (Å²) in [4.78, 5) is 57.2. The molecule has 0 radical (unpaired) electrons. The van der Waals surface area contributed by atoms with Gasteiger partial charge in [0.2, 0.25) is 5.91 Å². The first-order valence-electron chi connectivity index (χ1n) is 12.2. The fourth-order valence-corrected chi connectivity index (χ4v) is 4.88. The number of aromatic hydroxyl groups is 1. The number of phosphoric ester groups is 1. The summed E-state index contributed by atoms with van der Waals surface area (Å²) in [7, 11) is -4.98. The summed E-state index contributed by atoms with van der Waals surface area (Å²) < 4.78 is 21.2. The zero-order valence-electron chi connectivity index (χ0n) is 21.1. The molecule has 1 heterocycles. The van der Waals surface area contributed by atoms with Crippen LogP contribution < -0.4 is 25.9 Å². The van der Waals surface area contributed by atoms with Crippen molar-refractivity contribution in [2.24, 2.45) is 5.73 Å². The predicted octanol–water partition coefficient (Wildman–Crippen LogP) is 3.65. The zero-order valence-corrected chi connectivity index (χ0v) is 22.0. The zero-order chi connectivity index (χ0) is 29.3. The van der Waals surface area contributed by atoms with Gasteiger partial charge in [-0.2, -0.15) is 0 Å². The summed E-state index contributed by atoms with van der Waals surface area (Å²) in [6.07, 6.45) is -0.289. The number of ketones is 1. The first-order chi connectivity index (χ1) is 19.5. The average molecular weight is 573 g/mol. The van der Waals surface area contributed by atoms with E-state index < -0.39 is 19.8 Å². The van der Waals surface area contributed by atoms with Gasteiger partial charge in [0.15, 0.2) is 11.2 Å². The topological polar surface area (TPSA) is 192 Å². The second-order valence-electron chi connectivity index (χ2n) is 9.21. The van der Waals surface area contributed by atoms with Gasteiger partial charge in [0.25, 0.3) is 0 Å². The highest BCUT2D eigenvalue weighted by atomic mass is 31.2. The van der Waals surface area contributed by atoms with Crippen LogP contribution in [-0.4, -0.2) is 27.7 Å². The Labute approximate surface area is 232 Å². The van der Waals surface area contributed by atoms with E-state index in [1.54, 1.807) is 36.4 Å². The maximum Gasteiger partial charge on any atom is 0.317 e. The molecule has 0 saturated heterocycles. The molecular weight excluding hydrogens is 551 g/mol. The van der Waals surface area contributed by atoms with Crippen molar-refractivity contribution in [3.05, 3.63) is 101 Å². The van der Waals surface area contributed by atoms with Gasteiger partial charge >= 0.3 is 7.82 Å². The van der Waals surface area contributed by atoms with Gasteiger partial charge in [-0.1, -0.05) is 18.2 Å². The number of Topliss-reactive ketones (excluding diaryl/α,β-unsaturated/α-hetero) is 1. The number of nitrogens with one attached hydrogen (secondary N) is 1. The number of carbonyl (C=O) groups is 2. The van der Waals surface area contributed by atoms with E-state index in [1.807, 2.05) is 0 Å². The maximum absolute atomic E-state index is 13.3. The van der Waals surface area contributed by atoms with Crippen molar-refractivity contribution in [1.82, 2.24) is 0 Å². The average Bonchev–Trinajstić information content (AvgIpc) is 2.91. The summed E-state index contributed by atoms with van der Waals surface area (Å²) in [6, 6.07) is 20.0. The van der Waals surface area contributed by atoms with Crippen LogP contribution in [-0.2, 0) is 9.36 Å². The molecule has 5 N–H and O–H groups in total. The summed E-state index contributed by atoms with van der Waals surface area (Å²) >= 11 is 0. The first-order valence-corrected chi connectivity index (χ1v) is 13.7. The van der Waals surface area contributed by atoms with Crippen LogP contribution in [0.2, 0.25) is 0 Å². The Morgan fingerprint density at radius 1 is 1.02 bits per heavy atom. The molecule has 1 aliphatic heterocycles. The Bertz CT molecular complexity index is 1860. The minimum atomic E-state index is -4.98. The standard InChI is InChI=1S/C29H23N2O9P/c30-29(35)24(31-18-4-8-21(9-5-18)40-41(36,37)38)15-25(34)16-2-1-3-17(12-16)28-22-10-6-19(32)13-26(22)39-27-14-20(33)7-11-23(27)28/h1-14,24,31-32H,15H2,(H2,30,35)(H2,36,37,38)/p-1. The van der Waals surface area contributed by atoms with Gasteiger partial charge in [0.1, 0.15) is 28.9 Å². The van der Waals surface area contributed by atoms with E-state index in [2.05, 4.69) is 9.84 Å². The van der Waals surface area contributed by atoms with Crippen molar-refractivity contribution in [2.45, 2.75) is 12.5 Å². The van der Waals surface area contributed by atoms with Crippen LogP contribution in [0.5, 0.6) is 11.5 Å². The van der Waals surface area contributed by atoms with Crippen LogP contribution in [0.4, 0.5) is 5.69 Å². The van der Waals surface area contributed by atoms with E-state index in [1.165, 1.54) is 48.5 Å². The third-order valence-corrected chi connectivity index (χ3v) is 6.74. The number of rotatable bonds is 9. The van der Waals surface area contributed by atoms with Crippen LogP contribution >= 0.6 is 7.82 Å². The molecule has 1 amide bonds. The summed E-state index contributed by atoms with van der Waals surface area (Å²) in [5.41, 5.74) is 8.27. The summed E-state index contributed by atoms with van der Waals surface area (Å²) in [6.45, 7) is 0. The summed E-state index contributed by atoms with van der Waals surface area (Å²) in [5, 5.41) is 13.5. The molecule has 0 bridgehead atoms. The SMILES string of the molecule is NC(=O)C(CC(=O)c1cccc(-c2c3ccc(=O)cc-3oc3cc(O)ccc23)c1)Nc1ccc(OP(=O)([O-])O)cc1. The molecule has 0 fully saturated rings. The van der Waals surface area contributed by atoms with Crippen molar-refractivity contribution in [2.75, 3.05) is 5.32 Å². The third kappa shape index (κ3) is 6.28. The fourth-order valence-electron chi connectivity index (χ4n) is 4.49. The molecule has 11 nitrogen and oxygen atoms in total. The number of fused-ring (bicyclic) bond motifs is 2. The minimum absolute atomic E-state index is 0.0142. The Morgan fingerprint density at radius 2 is 1.78 bits per heavy atom. The molecule has 208 valence electrons. The maximum atomic E-state index is 13.3. The molecule has 3 aromatic carbocycles. The van der Waals surface area contributed by atoms with Crippen molar-refractivity contribution in [1.29, 1.82) is 0 Å². The number of anilines is 1. The number of primary amides is 1. The Morgan fingerprint density at radius 3 is 2.49 bits per heavy atom. The van der Waals surface area contributed by atoms with Crippen LogP contribution in [0.25, 0.3) is 33.4 Å². The number of hydrogen-bond acceptors (Lipinski definition) is 9. The van der Waals surface area contributed by atoms with Crippen LogP contribution in [0.15, 0.2) is 94.1 Å². The summed E-state index contributed by atoms with van der Waals surface area (Å²) in [5.74, 6) is -1.02. The molecule has 1 aliphatic carbocycles. The minimum Gasteiger partial charge on any atom is -0.746 e. The fraction of sp³-hybridized carbons (Fsp3) is 0.0690. The largest absolute Gasteiger partial charge is 0.746 e. The molecule has 0 aromatic heterocycles. The van der Waals surface area contributed by atoms with Gasteiger partial charge in [0, 0.05) is 46.3 Å². The number of hydrogen-bond donors (Lipinski definition) is 4. The Balaban J connectivity index is 1.45. The lowest BCUT2D eigenvalue weighted by atomic mass is 9.91. The highest BCUT2D eigenvalue weighted by Gasteiger charge is 2.22. The molecule has 0 saturated carbocycles. The molecule has 2 unspecified atom stereocenters. The molecule has 3 aromatic rings. The number of phenolic OH excluding ortho intramolecular Hbond substituents is 1. The lowest BCUT2D eigenvalue weighted by Crippen LogP contribution is -2.37. The lowest BCUT2D eigenvalue weighted by molar-refractivity contribution is -0.211. The highest BCUT2D eigenvalue weighted by molar-refractivity contribution is 7.45. The van der Waals surface area contributed by atoms with Crippen LogP contribution in [0.3, 0.4) is 0 Å². The highest BCUT2D eigenvalue weighted by Crippen LogP contribution is 2.41. The van der Waals surface area contributed by atoms with Gasteiger partial charge < -0.3 is 34.9 Å². The molecule has 2 aliphatic rings. The third-order valence-electron chi connectivity index (χ3n) is 6.30. The number of amides is 1.